The molecular weight excluding hydrogens is 254 g/mol. The molecule has 18 heavy (non-hydrogen) atoms. The Morgan fingerprint density at radius 1 is 1.22 bits per heavy atom. The van der Waals surface area contributed by atoms with E-state index in [1.165, 1.54) is 0 Å². The molecule has 0 aliphatic heterocycles. The standard InChI is InChI=1S/C6H3N5O7/c7-8-4-2(9(13)14)1-3(12)5(10(15)16)6(4)11(17)18/h1,6,12H. The maximum atomic E-state index is 10.7. The molecule has 12 heteroatoms. The Morgan fingerprint density at radius 2 is 1.78 bits per heavy atom. The lowest BCUT2D eigenvalue weighted by Crippen LogP contribution is -2.40. The Bertz CT molecular complexity index is 569. The van der Waals surface area contributed by atoms with E-state index >= 15 is 0 Å². The van der Waals surface area contributed by atoms with Gasteiger partial charge >= 0.3 is 23.1 Å². The molecule has 1 atom stereocenters. The first kappa shape index (κ1) is 12.9. The number of hydrogen-bond acceptors (Lipinski definition) is 7. The van der Waals surface area contributed by atoms with Crippen LogP contribution in [0.4, 0.5) is 0 Å². The van der Waals surface area contributed by atoms with E-state index in [0.717, 1.165) is 0 Å². The SMILES string of the molecule is [N-]=[N+]=C1C([N+](=O)[O-])=CC(O)=C([N+](=O)[O-])C1[N+](=O)[O-]. The van der Waals surface area contributed by atoms with Crippen LogP contribution in [0, 0.1) is 30.3 Å². The minimum absolute atomic E-state index is 0.313. The van der Waals surface area contributed by atoms with E-state index in [1.54, 1.807) is 0 Å². The van der Waals surface area contributed by atoms with E-state index in [-0.39, 0.29) is 0 Å². The van der Waals surface area contributed by atoms with Gasteiger partial charge in [0.2, 0.25) is 5.76 Å². The van der Waals surface area contributed by atoms with Gasteiger partial charge in [-0.05, 0) is 0 Å². The summed E-state index contributed by atoms with van der Waals surface area (Å²) in [5, 5.41) is 41.0. The molecule has 94 valence electrons. The summed E-state index contributed by atoms with van der Waals surface area (Å²) < 4.78 is 0. The number of nitrogens with zero attached hydrogens (tertiary/aromatic N) is 5. The van der Waals surface area contributed by atoms with Gasteiger partial charge in [0.1, 0.15) is 0 Å². The number of nitro groups is 3. The predicted molar refractivity (Wildman–Crippen MR) is 51.1 cm³/mol. The average Bonchev–Trinajstić information content (AvgIpc) is 2.26. The van der Waals surface area contributed by atoms with Crippen molar-refractivity contribution in [1.82, 2.24) is 0 Å². The van der Waals surface area contributed by atoms with E-state index in [1.807, 2.05) is 0 Å². The summed E-state index contributed by atoms with van der Waals surface area (Å²) in [5.74, 6) is -1.24. The molecule has 0 radical (unpaired) electrons. The van der Waals surface area contributed by atoms with Crippen molar-refractivity contribution in [2.75, 3.05) is 0 Å². The molecule has 0 aromatic heterocycles. The third-order valence-corrected chi connectivity index (χ3v) is 2.03. The zero-order valence-corrected chi connectivity index (χ0v) is 8.29. The maximum absolute atomic E-state index is 10.7. The number of aliphatic hydroxyl groups excluding tert-OH is 1. The summed E-state index contributed by atoms with van der Waals surface area (Å²) in [5.41, 5.74) is 4.99. The summed E-state index contributed by atoms with van der Waals surface area (Å²) >= 11 is 0. The van der Waals surface area contributed by atoms with Gasteiger partial charge in [-0.1, -0.05) is 0 Å². The molecule has 0 heterocycles. The fourth-order valence-electron chi connectivity index (χ4n) is 1.33. The molecule has 0 saturated heterocycles. The Hall–Kier alpha value is -3.14. The molecule has 1 unspecified atom stereocenters. The first-order valence-electron chi connectivity index (χ1n) is 4.10. The van der Waals surface area contributed by atoms with Crippen LogP contribution in [0.2, 0.25) is 0 Å². The molecule has 0 amide bonds. The Kier molecular flexibility index (Phi) is 3.15. The summed E-state index contributed by atoms with van der Waals surface area (Å²) in [6.07, 6.45) is 0.313. The van der Waals surface area contributed by atoms with Gasteiger partial charge in [-0.25, -0.2) is 0 Å². The predicted octanol–water partition coefficient (Wildman–Crippen LogP) is -0.477. The molecule has 12 nitrogen and oxygen atoms in total. The highest BCUT2D eigenvalue weighted by molar-refractivity contribution is 6.00. The van der Waals surface area contributed by atoms with Crippen LogP contribution >= 0.6 is 0 Å². The van der Waals surface area contributed by atoms with Crippen LogP contribution in [0.3, 0.4) is 0 Å². The highest BCUT2D eigenvalue weighted by Gasteiger charge is 2.57. The van der Waals surface area contributed by atoms with Gasteiger partial charge in [0, 0.05) is 4.92 Å². The quantitative estimate of drug-likeness (QED) is 0.305. The number of rotatable bonds is 3. The number of allylic oxidation sites excluding steroid dienone is 1. The zero-order valence-electron chi connectivity index (χ0n) is 8.29. The lowest BCUT2D eigenvalue weighted by atomic mass is 9.99. The summed E-state index contributed by atoms with van der Waals surface area (Å²) in [6.45, 7) is 0. The maximum Gasteiger partial charge on any atom is 0.453 e. The third kappa shape index (κ3) is 1.90. The van der Waals surface area contributed by atoms with Gasteiger partial charge in [-0.15, -0.1) is 0 Å². The van der Waals surface area contributed by atoms with E-state index in [2.05, 4.69) is 4.79 Å². The first-order chi connectivity index (χ1) is 8.31. The minimum Gasteiger partial charge on any atom is -0.502 e. The molecule has 0 aromatic carbocycles. The highest BCUT2D eigenvalue weighted by atomic mass is 16.6. The van der Waals surface area contributed by atoms with Crippen LogP contribution in [-0.2, 0) is 0 Å². The molecule has 1 N–H and O–H groups in total. The lowest BCUT2D eigenvalue weighted by molar-refractivity contribution is -0.544. The molecule has 0 fully saturated rings. The molecular formula is C6H3N5O7. The lowest BCUT2D eigenvalue weighted by Gasteiger charge is -2.06. The van der Waals surface area contributed by atoms with E-state index in [0.29, 0.717) is 6.08 Å². The molecule has 0 spiro atoms. The van der Waals surface area contributed by atoms with Gasteiger partial charge in [0.15, 0.2) is 0 Å². The van der Waals surface area contributed by atoms with Crippen molar-refractivity contribution in [3.05, 3.63) is 59.1 Å². The van der Waals surface area contributed by atoms with Gasteiger partial charge in [-0.3, -0.25) is 30.3 Å². The normalized spacial score (nSPS) is 19.0. The topological polar surface area (TPSA) is 186 Å². The Balaban J connectivity index is 3.63. The van der Waals surface area contributed by atoms with Gasteiger partial charge in [-0.2, -0.15) is 4.79 Å². The number of aliphatic hydroxyl groups is 1. The van der Waals surface area contributed by atoms with Crippen molar-refractivity contribution in [3.63, 3.8) is 0 Å². The van der Waals surface area contributed by atoms with Gasteiger partial charge in [0.25, 0.3) is 0 Å². The van der Waals surface area contributed by atoms with Crippen LogP contribution < -0.4 is 0 Å². The zero-order chi connectivity index (χ0) is 14.0. The van der Waals surface area contributed by atoms with Crippen LogP contribution in [0.25, 0.3) is 5.53 Å². The van der Waals surface area contributed by atoms with Crippen LogP contribution in [0.15, 0.2) is 23.2 Å². The van der Waals surface area contributed by atoms with Crippen LogP contribution in [-0.4, -0.2) is 36.4 Å². The molecule has 1 aliphatic rings. The Labute approximate surface area is 96.5 Å². The largest absolute Gasteiger partial charge is 0.502 e. The van der Waals surface area contributed by atoms with Crippen LogP contribution in [0.5, 0.6) is 0 Å². The molecule has 0 aromatic rings. The fraction of sp³-hybridized carbons (Fsp3) is 0.167. The second-order valence-electron chi connectivity index (χ2n) is 2.99. The van der Waals surface area contributed by atoms with Crippen molar-refractivity contribution in [2.45, 2.75) is 6.04 Å². The smallest absolute Gasteiger partial charge is 0.453 e. The van der Waals surface area contributed by atoms with E-state index in [4.69, 9.17) is 5.53 Å². The van der Waals surface area contributed by atoms with E-state index < -0.39 is 43.7 Å². The number of hydrogen-bond donors (Lipinski definition) is 1. The average molecular weight is 257 g/mol. The fourth-order valence-corrected chi connectivity index (χ4v) is 1.33. The molecule has 0 bridgehead atoms. The molecule has 1 rings (SSSR count). The van der Waals surface area contributed by atoms with Crippen molar-refractivity contribution in [3.8, 4) is 0 Å². The van der Waals surface area contributed by atoms with Crippen molar-refractivity contribution in [1.29, 1.82) is 0 Å². The van der Waals surface area contributed by atoms with Crippen molar-refractivity contribution in [2.24, 2.45) is 0 Å². The van der Waals surface area contributed by atoms with Crippen LogP contribution in [0.1, 0.15) is 0 Å². The summed E-state index contributed by atoms with van der Waals surface area (Å²) in [7, 11) is 0. The molecule has 1 aliphatic carbocycles. The summed E-state index contributed by atoms with van der Waals surface area (Å²) in [4.78, 5) is 30.4. The second kappa shape index (κ2) is 4.39. The minimum atomic E-state index is -2.42. The third-order valence-electron chi connectivity index (χ3n) is 2.03. The van der Waals surface area contributed by atoms with Gasteiger partial charge < -0.3 is 10.6 Å². The first-order valence-corrected chi connectivity index (χ1v) is 4.10. The Morgan fingerprint density at radius 3 is 2.11 bits per heavy atom. The monoisotopic (exact) mass is 257 g/mol. The van der Waals surface area contributed by atoms with Gasteiger partial charge in [0.05, 0.1) is 15.9 Å². The van der Waals surface area contributed by atoms with Crippen molar-refractivity contribution >= 4 is 5.71 Å². The highest BCUT2D eigenvalue weighted by Crippen LogP contribution is 2.23. The van der Waals surface area contributed by atoms with E-state index in [9.17, 15) is 35.4 Å². The second-order valence-corrected chi connectivity index (χ2v) is 2.99. The summed E-state index contributed by atoms with van der Waals surface area (Å²) in [6, 6.07) is -2.42. The molecule has 0 saturated carbocycles. The van der Waals surface area contributed by atoms with Crippen molar-refractivity contribution < 1.29 is 24.7 Å².